The Morgan fingerprint density at radius 2 is 1.30 bits per heavy atom. The minimum absolute atomic E-state index is 0.0456. The van der Waals surface area contributed by atoms with E-state index in [2.05, 4.69) is 26.6 Å². The standard InChI is InChI=1S/C30H34N6O7/c1-2-31-25(38)18-34-30(43)23(16-20-7-4-3-5-8-20)35-27(40)19-33-26(39)17-32-24(37)12-11-21-9-6-10-22(15-21)36-28(41)13-14-29(36)42/h3-10,13-15,23H,2,11-12,16-19H2,1H3,(H,31,38)(H,32,37)(H,33,39)(H,34,43)(H,35,40). The van der Waals surface area contributed by atoms with Gasteiger partial charge in [-0.05, 0) is 36.6 Å². The van der Waals surface area contributed by atoms with E-state index in [1.54, 1.807) is 55.5 Å². The van der Waals surface area contributed by atoms with Crippen LogP contribution in [0.15, 0.2) is 66.7 Å². The predicted molar refractivity (Wildman–Crippen MR) is 156 cm³/mol. The number of aryl methyl sites for hydroxylation is 1. The van der Waals surface area contributed by atoms with Gasteiger partial charge >= 0.3 is 0 Å². The van der Waals surface area contributed by atoms with Gasteiger partial charge in [0.2, 0.25) is 29.5 Å². The highest BCUT2D eigenvalue weighted by Crippen LogP contribution is 2.20. The van der Waals surface area contributed by atoms with Crippen molar-refractivity contribution in [1.29, 1.82) is 0 Å². The smallest absolute Gasteiger partial charge is 0.258 e. The van der Waals surface area contributed by atoms with Gasteiger partial charge in [-0.3, -0.25) is 33.6 Å². The van der Waals surface area contributed by atoms with E-state index in [9.17, 15) is 33.6 Å². The summed E-state index contributed by atoms with van der Waals surface area (Å²) in [5.74, 6) is -3.44. The molecule has 0 aliphatic carbocycles. The molecule has 1 aliphatic rings. The molecule has 226 valence electrons. The molecule has 7 amide bonds. The van der Waals surface area contributed by atoms with Crippen molar-refractivity contribution in [3.8, 4) is 0 Å². The number of hydrogen-bond donors (Lipinski definition) is 5. The molecule has 2 aromatic carbocycles. The molecule has 1 heterocycles. The molecule has 0 saturated heterocycles. The number of carbonyl (C=O) groups is 7. The molecule has 13 nitrogen and oxygen atoms in total. The number of imide groups is 1. The molecular formula is C30H34N6O7. The molecule has 5 N–H and O–H groups in total. The molecule has 0 aromatic heterocycles. The zero-order chi connectivity index (χ0) is 31.2. The van der Waals surface area contributed by atoms with E-state index in [0.717, 1.165) is 16.0 Å². The fraction of sp³-hybridized carbons (Fsp3) is 0.300. The van der Waals surface area contributed by atoms with E-state index < -0.39 is 48.0 Å². The van der Waals surface area contributed by atoms with Crippen molar-refractivity contribution in [1.82, 2.24) is 26.6 Å². The number of rotatable bonds is 15. The number of anilines is 1. The van der Waals surface area contributed by atoms with Gasteiger partial charge in [-0.1, -0.05) is 42.5 Å². The van der Waals surface area contributed by atoms with Crippen molar-refractivity contribution in [2.75, 3.05) is 31.1 Å². The Morgan fingerprint density at radius 3 is 2.00 bits per heavy atom. The lowest BCUT2D eigenvalue weighted by atomic mass is 10.1. The maximum Gasteiger partial charge on any atom is 0.258 e. The van der Waals surface area contributed by atoms with Gasteiger partial charge in [0.25, 0.3) is 11.8 Å². The largest absolute Gasteiger partial charge is 0.355 e. The molecule has 2 aromatic rings. The van der Waals surface area contributed by atoms with Crippen molar-refractivity contribution >= 4 is 47.0 Å². The Hall–Kier alpha value is -5.33. The Morgan fingerprint density at radius 1 is 0.698 bits per heavy atom. The predicted octanol–water partition coefficient (Wildman–Crippen LogP) is -0.739. The van der Waals surface area contributed by atoms with Gasteiger partial charge in [0.05, 0.1) is 25.3 Å². The first-order chi connectivity index (χ1) is 20.7. The van der Waals surface area contributed by atoms with E-state index in [-0.39, 0.29) is 31.8 Å². The topological polar surface area (TPSA) is 183 Å². The van der Waals surface area contributed by atoms with Crippen LogP contribution in [0.3, 0.4) is 0 Å². The van der Waals surface area contributed by atoms with Crippen LogP contribution >= 0.6 is 0 Å². The average Bonchev–Trinajstić information content (AvgIpc) is 3.34. The van der Waals surface area contributed by atoms with Crippen molar-refractivity contribution in [3.63, 3.8) is 0 Å². The summed E-state index contributed by atoms with van der Waals surface area (Å²) in [5, 5.41) is 12.5. The maximum absolute atomic E-state index is 12.7. The fourth-order valence-electron chi connectivity index (χ4n) is 4.13. The molecule has 0 saturated carbocycles. The quantitative estimate of drug-likeness (QED) is 0.169. The van der Waals surface area contributed by atoms with Gasteiger partial charge in [-0.25, -0.2) is 4.90 Å². The van der Waals surface area contributed by atoms with Crippen LogP contribution in [0, 0.1) is 0 Å². The summed E-state index contributed by atoms with van der Waals surface area (Å²) >= 11 is 0. The van der Waals surface area contributed by atoms with E-state index in [4.69, 9.17) is 0 Å². The summed E-state index contributed by atoms with van der Waals surface area (Å²) < 4.78 is 0. The molecule has 1 atom stereocenters. The van der Waals surface area contributed by atoms with Crippen molar-refractivity contribution in [2.24, 2.45) is 0 Å². The third-order valence-corrected chi connectivity index (χ3v) is 6.24. The number of carbonyl (C=O) groups excluding carboxylic acids is 7. The minimum atomic E-state index is -0.989. The van der Waals surface area contributed by atoms with Crippen molar-refractivity contribution < 1.29 is 33.6 Å². The zero-order valence-electron chi connectivity index (χ0n) is 23.7. The Labute approximate surface area is 248 Å². The van der Waals surface area contributed by atoms with Crippen LogP contribution in [0.4, 0.5) is 5.69 Å². The molecular weight excluding hydrogens is 556 g/mol. The Kier molecular flexibility index (Phi) is 12.1. The van der Waals surface area contributed by atoms with Crippen LogP contribution in [0.5, 0.6) is 0 Å². The van der Waals surface area contributed by atoms with Gasteiger partial charge in [0.15, 0.2) is 0 Å². The molecule has 1 unspecified atom stereocenters. The van der Waals surface area contributed by atoms with E-state index in [1.165, 1.54) is 12.2 Å². The van der Waals surface area contributed by atoms with E-state index >= 15 is 0 Å². The molecule has 0 fully saturated rings. The van der Waals surface area contributed by atoms with Gasteiger partial charge < -0.3 is 26.6 Å². The van der Waals surface area contributed by atoms with Gasteiger partial charge in [-0.15, -0.1) is 0 Å². The number of likely N-dealkylation sites (N-methyl/N-ethyl adjacent to an activating group) is 1. The summed E-state index contributed by atoms with van der Waals surface area (Å²) in [6.45, 7) is 1.12. The highest BCUT2D eigenvalue weighted by atomic mass is 16.2. The molecule has 0 radical (unpaired) electrons. The van der Waals surface area contributed by atoms with Crippen LogP contribution in [0.25, 0.3) is 0 Å². The lowest BCUT2D eigenvalue weighted by Gasteiger charge is -2.19. The fourth-order valence-corrected chi connectivity index (χ4v) is 4.13. The van der Waals surface area contributed by atoms with E-state index in [1.807, 2.05) is 6.07 Å². The van der Waals surface area contributed by atoms with Crippen LogP contribution in [0.1, 0.15) is 24.5 Å². The minimum Gasteiger partial charge on any atom is -0.355 e. The third kappa shape index (κ3) is 10.5. The lowest BCUT2D eigenvalue weighted by molar-refractivity contribution is -0.131. The zero-order valence-corrected chi connectivity index (χ0v) is 23.7. The Balaban J connectivity index is 1.42. The average molecular weight is 591 g/mol. The number of amides is 7. The monoisotopic (exact) mass is 590 g/mol. The third-order valence-electron chi connectivity index (χ3n) is 6.24. The lowest BCUT2D eigenvalue weighted by Crippen LogP contribution is -2.52. The van der Waals surface area contributed by atoms with Crippen molar-refractivity contribution in [2.45, 2.75) is 32.2 Å². The molecule has 13 heteroatoms. The van der Waals surface area contributed by atoms with Crippen LogP contribution in [0.2, 0.25) is 0 Å². The molecule has 43 heavy (non-hydrogen) atoms. The molecule has 3 rings (SSSR count). The number of hydrogen-bond acceptors (Lipinski definition) is 7. The summed E-state index contributed by atoms with van der Waals surface area (Å²) in [4.78, 5) is 86.3. The second kappa shape index (κ2) is 16.2. The van der Waals surface area contributed by atoms with Gasteiger partial charge in [0, 0.05) is 31.5 Å². The Bertz CT molecular complexity index is 1370. The second-order valence-corrected chi connectivity index (χ2v) is 9.55. The SMILES string of the molecule is CCNC(=O)CNC(=O)C(Cc1ccccc1)NC(=O)CNC(=O)CNC(=O)CCc1cccc(N2C(=O)C=CC2=O)c1. The first-order valence-corrected chi connectivity index (χ1v) is 13.7. The highest BCUT2D eigenvalue weighted by molar-refractivity contribution is 6.28. The first-order valence-electron chi connectivity index (χ1n) is 13.7. The second-order valence-electron chi connectivity index (χ2n) is 9.55. The summed E-state index contributed by atoms with van der Waals surface area (Å²) in [6.07, 6.45) is 2.89. The summed E-state index contributed by atoms with van der Waals surface area (Å²) in [5.41, 5.74) is 1.91. The normalized spacial score (nSPS) is 12.8. The van der Waals surface area contributed by atoms with Crippen LogP contribution in [-0.2, 0) is 46.4 Å². The summed E-state index contributed by atoms with van der Waals surface area (Å²) in [6, 6.07) is 14.7. The first kappa shape index (κ1) is 32.2. The molecule has 0 bridgehead atoms. The van der Waals surface area contributed by atoms with Crippen LogP contribution < -0.4 is 31.5 Å². The van der Waals surface area contributed by atoms with Gasteiger partial charge in [0.1, 0.15) is 6.04 Å². The number of benzene rings is 2. The highest BCUT2D eigenvalue weighted by Gasteiger charge is 2.25. The molecule has 0 spiro atoms. The van der Waals surface area contributed by atoms with E-state index in [0.29, 0.717) is 18.7 Å². The maximum atomic E-state index is 12.7. The number of nitrogens with one attached hydrogen (secondary N) is 5. The number of nitrogens with zero attached hydrogens (tertiary/aromatic N) is 1. The molecule has 1 aliphatic heterocycles. The van der Waals surface area contributed by atoms with Crippen molar-refractivity contribution in [3.05, 3.63) is 77.9 Å². The van der Waals surface area contributed by atoms with Crippen LogP contribution in [-0.4, -0.2) is 73.6 Å². The summed E-state index contributed by atoms with van der Waals surface area (Å²) in [7, 11) is 0. The van der Waals surface area contributed by atoms with Gasteiger partial charge in [-0.2, -0.15) is 0 Å².